The number of alkyl halides is 1. The number of nitrogens with zero attached hydrogens (tertiary/aromatic N) is 8. The molecule has 0 bridgehead atoms. The van der Waals surface area contributed by atoms with Gasteiger partial charge >= 0.3 is 6.01 Å². The average Bonchev–Trinajstić information content (AvgIpc) is 3.78. The summed E-state index contributed by atoms with van der Waals surface area (Å²) in [6.45, 7) is 11.8. The number of hydrogen-bond donors (Lipinski definition) is 0. The highest BCUT2D eigenvalue weighted by Gasteiger charge is 2.35. The van der Waals surface area contributed by atoms with Crippen LogP contribution in [0.3, 0.4) is 0 Å². The van der Waals surface area contributed by atoms with Crippen LogP contribution in [-0.4, -0.2) is 126 Å². The van der Waals surface area contributed by atoms with Gasteiger partial charge in [-0.15, -0.1) is 0 Å². The summed E-state index contributed by atoms with van der Waals surface area (Å²) in [5.41, 5.74) is 0.851. The zero-order valence-corrected chi connectivity index (χ0v) is 32.7. The molecule has 6 heterocycles. The number of anilines is 1. The molecule has 8 rings (SSSR count). The molecule has 1 amide bonds. The van der Waals surface area contributed by atoms with Crippen LogP contribution in [0.4, 0.5) is 14.6 Å². The third kappa shape index (κ3) is 9.15. The Balaban J connectivity index is 0.000000365. The van der Waals surface area contributed by atoms with Crippen molar-refractivity contribution < 1.29 is 23.0 Å². The minimum atomic E-state index is -0.575. The number of methoxy groups -OCH3 is 1. The lowest BCUT2D eigenvalue weighted by Gasteiger charge is -2.37. The largest absolute Gasteiger partial charge is 0.467 e. The van der Waals surface area contributed by atoms with E-state index >= 15 is 4.39 Å². The Morgan fingerprint density at radius 3 is 2.58 bits per heavy atom. The predicted octanol–water partition coefficient (Wildman–Crippen LogP) is 6.68. The standard InChI is InChI=1S/C32H34ClFN6O3.C7H12FN.C2H3N/c1-20(40-16-17-43-19-21(40)2)10-11-26(41)38-12-14-39(15-13-38)31-24-18-35-29(28(34)30(24)36-32(37-31)42-3)23-8-4-6-22-7-5-9-25(33)27(22)23;8-6-4-7-2-1-3-9(7)5-6;1-2-3/h4-11,18,20-21H,12-17,19H2,1-3H3;6-7H,1-5H2;1H3/b11-10+;;/t20?,21-;;/m1../s1. The Morgan fingerprint density at radius 1 is 1.13 bits per heavy atom. The number of benzene rings is 2. The van der Waals surface area contributed by atoms with Crippen LogP contribution in [0.2, 0.25) is 5.02 Å². The Morgan fingerprint density at radius 2 is 1.87 bits per heavy atom. The molecule has 2 aromatic heterocycles. The molecule has 4 aliphatic heterocycles. The zero-order valence-electron chi connectivity index (χ0n) is 31.9. The van der Waals surface area contributed by atoms with Crippen molar-refractivity contribution in [3.8, 4) is 23.3 Å². The normalized spacial score (nSPS) is 22.1. The van der Waals surface area contributed by atoms with Gasteiger partial charge in [-0.3, -0.25) is 19.6 Å². The number of aromatic nitrogens is 3. The molecule has 4 saturated heterocycles. The number of halogens is 3. The molecule has 55 heavy (non-hydrogen) atoms. The highest BCUT2D eigenvalue weighted by Crippen LogP contribution is 2.37. The van der Waals surface area contributed by atoms with Gasteiger partial charge in [-0.2, -0.15) is 15.2 Å². The SMILES string of the molecule is CC#N.COc1nc(N2CCN(C(=O)/C=C/C(C)N3CCOC[C@H]3C)CC2)c2cnc(-c3cccc4cccc(Cl)c34)c(F)c2n1.FC1CC2CCCN2C1. The van der Waals surface area contributed by atoms with Crippen LogP contribution in [0.5, 0.6) is 6.01 Å². The van der Waals surface area contributed by atoms with Gasteiger partial charge in [-0.05, 0) is 51.1 Å². The van der Waals surface area contributed by atoms with Crippen molar-refractivity contribution in [3.05, 3.63) is 65.6 Å². The summed E-state index contributed by atoms with van der Waals surface area (Å²) in [5, 5.41) is 9.92. The summed E-state index contributed by atoms with van der Waals surface area (Å²) in [6, 6.07) is 14.0. The molecule has 4 atom stereocenters. The van der Waals surface area contributed by atoms with Gasteiger partial charge in [-0.25, -0.2) is 8.78 Å². The summed E-state index contributed by atoms with van der Waals surface area (Å²) in [4.78, 5) is 35.0. The van der Waals surface area contributed by atoms with E-state index in [9.17, 15) is 9.18 Å². The molecule has 4 aliphatic rings. The lowest BCUT2D eigenvalue weighted by molar-refractivity contribution is -0.126. The van der Waals surface area contributed by atoms with E-state index in [4.69, 9.17) is 26.3 Å². The third-order valence-corrected chi connectivity index (χ3v) is 11.1. The molecule has 2 aromatic carbocycles. The number of carbonyl (C=O) groups is 1. The maximum atomic E-state index is 16.2. The predicted molar refractivity (Wildman–Crippen MR) is 212 cm³/mol. The first-order valence-corrected chi connectivity index (χ1v) is 19.3. The van der Waals surface area contributed by atoms with E-state index in [0.29, 0.717) is 79.8 Å². The van der Waals surface area contributed by atoms with E-state index in [2.05, 4.69) is 38.6 Å². The minimum absolute atomic E-state index is 0.0244. The van der Waals surface area contributed by atoms with Crippen molar-refractivity contribution in [3.63, 3.8) is 0 Å². The van der Waals surface area contributed by atoms with Crippen LogP contribution < -0.4 is 9.64 Å². The van der Waals surface area contributed by atoms with Crippen LogP contribution in [-0.2, 0) is 9.53 Å². The number of fused-ring (bicyclic) bond motifs is 3. The number of piperazine rings is 1. The van der Waals surface area contributed by atoms with Gasteiger partial charge in [0.2, 0.25) is 5.91 Å². The first-order valence-electron chi connectivity index (χ1n) is 19.0. The Labute approximate surface area is 326 Å². The highest BCUT2D eigenvalue weighted by atomic mass is 35.5. The molecule has 11 nitrogen and oxygen atoms in total. The molecule has 0 radical (unpaired) electrons. The maximum absolute atomic E-state index is 16.2. The maximum Gasteiger partial charge on any atom is 0.318 e. The fourth-order valence-electron chi connectivity index (χ4n) is 7.98. The topological polar surface area (TPSA) is 111 Å². The van der Waals surface area contributed by atoms with Crippen molar-refractivity contribution >= 4 is 45.0 Å². The summed E-state index contributed by atoms with van der Waals surface area (Å²) in [5.74, 6) is -0.0773. The summed E-state index contributed by atoms with van der Waals surface area (Å²) >= 11 is 6.53. The van der Waals surface area contributed by atoms with E-state index in [1.165, 1.54) is 26.9 Å². The third-order valence-electron chi connectivity index (χ3n) is 10.7. The second-order valence-corrected chi connectivity index (χ2v) is 14.7. The molecule has 292 valence electrons. The number of nitriles is 1. The van der Waals surface area contributed by atoms with Gasteiger partial charge in [0.1, 0.15) is 23.2 Å². The summed E-state index contributed by atoms with van der Waals surface area (Å²) in [7, 11) is 1.46. The first kappa shape index (κ1) is 40.2. The molecular weight excluding hydrogens is 726 g/mol. The Bertz CT molecular complexity index is 2020. The lowest BCUT2D eigenvalue weighted by Crippen LogP contribution is -2.49. The molecule has 0 spiro atoms. The van der Waals surface area contributed by atoms with E-state index in [0.717, 1.165) is 30.3 Å². The van der Waals surface area contributed by atoms with Gasteiger partial charge in [0.15, 0.2) is 5.82 Å². The van der Waals surface area contributed by atoms with Gasteiger partial charge in [-0.1, -0.05) is 48.0 Å². The zero-order chi connectivity index (χ0) is 39.1. The monoisotopic (exact) mass is 774 g/mol. The van der Waals surface area contributed by atoms with Crippen molar-refractivity contribution in [2.45, 2.75) is 64.3 Å². The van der Waals surface area contributed by atoms with Crippen molar-refractivity contribution in [2.75, 3.05) is 71.0 Å². The van der Waals surface area contributed by atoms with E-state index < -0.39 is 12.0 Å². The molecule has 0 N–H and O–H groups in total. The Kier molecular flexibility index (Phi) is 13.5. The van der Waals surface area contributed by atoms with E-state index in [-0.39, 0.29) is 29.2 Å². The van der Waals surface area contributed by atoms with E-state index in [1.807, 2.05) is 40.1 Å². The first-order chi connectivity index (χ1) is 26.6. The van der Waals surface area contributed by atoms with Gasteiger partial charge in [0.25, 0.3) is 0 Å². The fraction of sp³-hybridized carbons (Fsp3) is 0.488. The number of rotatable bonds is 6. The van der Waals surface area contributed by atoms with Crippen LogP contribution in [0.1, 0.15) is 40.0 Å². The number of amides is 1. The number of pyridine rings is 1. The Hall–Kier alpha value is -4.48. The fourth-order valence-corrected chi connectivity index (χ4v) is 8.27. The number of morpholine rings is 1. The molecular formula is C41H49ClF2N8O3. The average molecular weight is 775 g/mol. The van der Waals surface area contributed by atoms with Gasteiger partial charge < -0.3 is 19.3 Å². The van der Waals surface area contributed by atoms with Crippen molar-refractivity contribution in [2.24, 2.45) is 0 Å². The second kappa shape index (κ2) is 18.4. The summed E-state index contributed by atoms with van der Waals surface area (Å²) in [6.07, 6.45) is 8.06. The van der Waals surface area contributed by atoms with Crippen LogP contribution in [0.25, 0.3) is 32.9 Å². The van der Waals surface area contributed by atoms with Crippen LogP contribution in [0, 0.1) is 17.1 Å². The summed E-state index contributed by atoms with van der Waals surface area (Å²) < 4.78 is 39.7. The van der Waals surface area contributed by atoms with Crippen LogP contribution >= 0.6 is 11.6 Å². The molecule has 14 heteroatoms. The molecule has 0 saturated carbocycles. The second-order valence-electron chi connectivity index (χ2n) is 14.3. The van der Waals surface area contributed by atoms with Crippen molar-refractivity contribution in [1.29, 1.82) is 5.26 Å². The number of hydrogen-bond acceptors (Lipinski definition) is 10. The number of carbonyl (C=O) groups excluding carboxylic acids is 1. The smallest absolute Gasteiger partial charge is 0.318 e. The molecule has 4 fully saturated rings. The lowest BCUT2D eigenvalue weighted by atomic mass is 10.0. The molecule has 4 aromatic rings. The molecule has 3 unspecified atom stereocenters. The van der Waals surface area contributed by atoms with Gasteiger partial charge in [0, 0.05) is 92.6 Å². The van der Waals surface area contributed by atoms with Gasteiger partial charge in [0.05, 0.1) is 31.8 Å². The van der Waals surface area contributed by atoms with E-state index in [1.54, 1.807) is 30.5 Å². The minimum Gasteiger partial charge on any atom is -0.467 e. The van der Waals surface area contributed by atoms with Crippen molar-refractivity contribution in [1.82, 2.24) is 29.7 Å². The highest BCUT2D eigenvalue weighted by molar-refractivity contribution is 6.36. The van der Waals surface area contributed by atoms with Crippen LogP contribution in [0.15, 0.2) is 54.7 Å². The number of ether oxygens (including phenoxy) is 2. The molecule has 0 aliphatic carbocycles. The quantitative estimate of drug-likeness (QED) is 0.197.